The zero-order valence-corrected chi connectivity index (χ0v) is 8.81. The largest absolute Gasteiger partial charge is 0.480 e. The van der Waals surface area contributed by atoms with Crippen molar-refractivity contribution in [1.29, 1.82) is 0 Å². The molecule has 1 unspecified atom stereocenters. The molecular formula is C9H9N3O2S. The number of hydrogen-bond donors (Lipinski definition) is 1. The Balaban J connectivity index is 2.28. The number of aliphatic carboxylic acids is 1. The van der Waals surface area contributed by atoms with Crippen LogP contribution in [0.1, 0.15) is 13.0 Å². The molecule has 0 saturated carbocycles. The first-order chi connectivity index (χ1) is 7.18. The third kappa shape index (κ3) is 1.89. The van der Waals surface area contributed by atoms with Gasteiger partial charge in [-0.3, -0.25) is 0 Å². The third-order valence-corrected chi connectivity index (χ3v) is 2.76. The van der Waals surface area contributed by atoms with Crippen LogP contribution in [-0.2, 0) is 4.79 Å². The Kier molecular flexibility index (Phi) is 2.51. The van der Waals surface area contributed by atoms with Crippen LogP contribution >= 0.6 is 11.3 Å². The summed E-state index contributed by atoms with van der Waals surface area (Å²) in [4.78, 5) is 10.7. The second-order valence-corrected chi connectivity index (χ2v) is 3.89. The van der Waals surface area contributed by atoms with Gasteiger partial charge in [-0.2, -0.15) is 11.3 Å². The minimum absolute atomic E-state index is 0.690. The summed E-state index contributed by atoms with van der Waals surface area (Å²) in [5, 5.41) is 20.4. The van der Waals surface area contributed by atoms with Gasteiger partial charge in [0.25, 0.3) is 0 Å². The lowest BCUT2D eigenvalue weighted by Crippen LogP contribution is -2.15. The van der Waals surface area contributed by atoms with E-state index in [4.69, 9.17) is 5.11 Å². The number of aromatic nitrogens is 3. The Morgan fingerprint density at radius 1 is 1.67 bits per heavy atom. The average Bonchev–Trinajstić information content (AvgIpc) is 2.86. The number of carboxylic acid groups (broad SMARTS) is 1. The Bertz CT molecular complexity index is 463. The van der Waals surface area contributed by atoms with Crippen LogP contribution in [-0.4, -0.2) is 26.1 Å². The van der Waals surface area contributed by atoms with Crippen LogP contribution < -0.4 is 0 Å². The molecule has 15 heavy (non-hydrogen) atoms. The lowest BCUT2D eigenvalue weighted by atomic mass is 10.2. The fourth-order valence-electron chi connectivity index (χ4n) is 1.12. The number of nitrogens with zero attached hydrogens (tertiary/aromatic N) is 3. The normalized spacial score (nSPS) is 12.6. The van der Waals surface area contributed by atoms with Crippen LogP contribution in [0.2, 0.25) is 0 Å². The highest BCUT2D eigenvalue weighted by atomic mass is 32.1. The molecule has 0 bridgehead atoms. The van der Waals surface area contributed by atoms with E-state index in [-0.39, 0.29) is 0 Å². The van der Waals surface area contributed by atoms with E-state index in [1.54, 1.807) is 24.5 Å². The Hall–Kier alpha value is -1.69. The number of carbonyl (C=O) groups is 1. The molecule has 0 aliphatic rings. The highest BCUT2D eigenvalue weighted by Crippen LogP contribution is 2.19. The molecule has 2 heterocycles. The maximum Gasteiger partial charge on any atom is 0.328 e. The van der Waals surface area contributed by atoms with Crippen LogP contribution in [0, 0.1) is 0 Å². The zero-order chi connectivity index (χ0) is 10.8. The van der Waals surface area contributed by atoms with E-state index in [0.717, 1.165) is 5.56 Å². The first-order valence-electron chi connectivity index (χ1n) is 4.35. The lowest BCUT2D eigenvalue weighted by Gasteiger charge is -2.03. The molecule has 0 aromatic carbocycles. The van der Waals surface area contributed by atoms with Crippen LogP contribution in [0.5, 0.6) is 0 Å². The summed E-state index contributed by atoms with van der Waals surface area (Å²) in [5.74, 6) is -0.920. The molecule has 0 spiro atoms. The van der Waals surface area contributed by atoms with Gasteiger partial charge in [-0.15, -0.1) is 5.10 Å². The van der Waals surface area contributed by atoms with Crippen molar-refractivity contribution in [2.45, 2.75) is 13.0 Å². The van der Waals surface area contributed by atoms with Crippen molar-refractivity contribution >= 4 is 17.3 Å². The molecule has 78 valence electrons. The van der Waals surface area contributed by atoms with Crippen molar-refractivity contribution in [2.75, 3.05) is 0 Å². The Morgan fingerprint density at radius 2 is 2.47 bits per heavy atom. The van der Waals surface area contributed by atoms with E-state index in [2.05, 4.69) is 10.3 Å². The van der Waals surface area contributed by atoms with Crippen molar-refractivity contribution < 1.29 is 9.90 Å². The Labute approximate surface area is 90.0 Å². The summed E-state index contributed by atoms with van der Waals surface area (Å²) in [6, 6.07) is 1.23. The van der Waals surface area contributed by atoms with E-state index >= 15 is 0 Å². The van der Waals surface area contributed by atoms with E-state index < -0.39 is 12.0 Å². The third-order valence-electron chi connectivity index (χ3n) is 2.08. The predicted octanol–water partition coefficient (Wildman–Crippen LogP) is 1.65. The molecule has 0 radical (unpaired) electrons. The second-order valence-electron chi connectivity index (χ2n) is 3.11. The van der Waals surface area contributed by atoms with Crippen molar-refractivity contribution in [3.05, 3.63) is 23.0 Å². The molecule has 0 saturated heterocycles. The van der Waals surface area contributed by atoms with Crippen LogP contribution in [0.15, 0.2) is 23.0 Å². The molecule has 2 aromatic heterocycles. The number of thiophene rings is 1. The number of rotatable bonds is 3. The Morgan fingerprint density at radius 3 is 3.07 bits per heavy atom. The van der Waals surface area contributed by atoms with Gasteiger partial charge in [-0.25, -0.2) is 9.48 Å². The molecule has 2 aromatic rings. The quantitative estimate of drug-likeness (QED) is 0.859. The van der Waals surface area contributed by atoms with Crippen molar-refractivity contribution in [2.24, 2.45) is 0 Å². The van der Waals surface area contributed by atoms with E-state index in [1.807, 2.05) is 16.8 Å². The minimum atomic E-state index is -0.920. The molecule has 0 fully saturated rings. The molecule has 0 aliphatic carbocycles. The maximum atomic E-state index is 10.7. The predicted molar refractivity (Wildman–Crippen MR) is 55.7 cm³/mol. The van der Waals surface area contributed by atoms with E-state index in [1.165, 1.54) is 4.68 Å². The van der Waals surface area contributed by atoms with Gasteiger partial charge in [0.05, 0.1) is 6.20 Å². The smallest absolute Gasteiger partial charge is 0.328 e. The summed E-state index contributed by atoms with van der Waals surface area (Å²) in [6.45, 7) is 1.56. The van der Waals surface area contributed by atoms with Crippen molar-refractivity contribution in [3.8, 4) is 11.3 Å². The van der Waals surface area contributed by atoms with E-state index in [0.29, 0.717) is 5.69 Å². The molecule has 0 aliphatic heterocycles. The molecule has 5 nitrogen and oxygen atoms in total. The van der Waals surface area contributed by atoms with Gasteiger partial charge >= 0.3 is 5.97 Å². The van der Waals surface area contributed by atoms with Gasteiger partial charge in [0.1, 0.15) is 11.7 Å². The van der Waals surface area contributed by atoms with Gasteiger partial charge < -0.3 is 5.11 Å². The highest BCUT2D eigenvalue weighted by molar-refractivity contribution is 7.08. The van der Waals surface area contributed by atoms with E-state index in [9.17, 15) is 4.79 Å². The van der Waals surface area contributed by atoms with Gasteiger partial charge in [-0.05, 0) is 18.4 Å². The fourth-order valence-corrected chi connectivity index (χ4v) is 1.77. The monoisotopic (exact) mass is 223 g/mol. The lowest BCUT2D eigenvalue weighted by molar-refractivity contribution is -0.140. The highest BCUT2D eigenvalue weighted by Gasteiger charge is 2.15. The SMILES string of the molecule is CC(C(=O)O)n1cc(-c2ccsc2)nn1. The van der Waals surface area contributed by atoms with Gasteiger partial charge in [0.2, 0.25) is 0 Å². The van der Waals surface area contributed by atoms with Gasteiger partial charge in [-0.1, -0.05) is 5.21 Å². The molecule has 1 atom stereocenters. The topological polar surface area (TPSA) is 68.0 Å². The molecule has 0 amide bonds. The summed E-state index contributed by atoms with van der Waals surface area (Å²) >= 11 is 1.57. The number of carboxylic acids is 1. The fraction of sp³-hybridized carbons (Fsp3) is 0.222. The first-order valence-corrected chi connectivity index (χ1v) is 5.30. The molecular weight excluding hydrogens is 214 g/mol. The summed E-state index contributed by atoms with van der Waals surface area (Å²) in [6.07, 6.45) is 1.64. The first kappa shape index (κ1) is 9.85. The van der Waals surface area contributed by atoms with Gasteiger partial charge in [0.15, 0.2) is 0 Å². The van der Waals surface area contributed by atoms with Crippen molar-refractivity contribution in [3.63, 3.8) is 0 Å². The molecule has 1 N–H and O–H groups in total. The van der Waals surface area contributed by atoms with Crippen LogP contribution in [0.4, 0.5) is 0 Å². The standard InChI is InChI=1S/C9H9N3O2S/c1-6(9(13)14)12-4-8(10-11-12)7-2-3-15-5-7/h2-6H,1H3,(H,13,14). The zero-order valence-electron chi connectivity index (χ0n) is 7.99. The molecule has 6 heteroatoms. The minimum Gasteiger partial charge on any atom is -0.480 e. The van der Waals surface area contributed by atoms with Gasteiger partial charge in [0, 0.05) is 10.9 Å². The van der Waals surface area contributed by atoms with Crippen molar-refractivity contribution in [1.82, 2.24) is 15.0 Å². The number of hydrogen-bond acceptors (Lipinski definition) is 4. The van der Waals surface area contributed by atoms with Crippen LogP contribution in [0.25, 0.3) is 11.3 Å². The summed E-state index contributed by atoms with van der Waals surface area (Å²) < 4.78 is 1.34. The summed E-state index contributed by atoms with van der Waals surface area (Å²) in [7, 11) is 0. The second kappa shape index (κ2) is 3.82. The summed E-state index contributed by atoms with van der Waals surface area (Å²) in [5.41, 5.74) is 1.66. The average molecular weight is 223 g/mol. The van der Waals surface area contributed by atoms with Crippen LogP contribution in [0.3, 0.4) is 0 Å². The molecule has 2 rings (SSSR count). The maximum absolute atomic E-state index is 10.7.